The molecule has 0 bridgehead atoms. The highest BCUT2D eigenvalue weighted by Crippen LogP contribution is 2.15. The lowest BCUT2D eigenvalue weighted by Crippen LogP contribution is -2.33. The van der Waals surface area contributed by atoms with Crippen molar-refractivity contribution in [2.24, 2.45) is 0 Å². The lowest BCUT2D eigenvalue weighted by atomic mass is 10.1. The minimum atomic E-state index is -0.00380. The van der Waals surface area contributed by atoms with Crippen molar-refractivity contribution in [3.8, 4) is 0 Å². The molecule has 0 aromatic heterocycles. The lowest BCUT2D eigenvalue weighted by Gasteiger charge is -2.21. The van der Waals surface area contributed by atoms with E-state index < -0.39 is 0 Å². The quantitative estimate of drug-likeness (QED) is 0.774. The first-order valence-electron chi connectivity index (χ1n) is 7.60. The van der Waals surface area contributed by atoms with Crippen molar-refractivity contribution in [3.63, 3.8) is 0 Å². The molecule has 0 saturated heterocycles. The Balaban J connectivity index is 2.70. The minimum Gasteiger partial charge on any atom is -0.342 e. The van der Waals surface area contributed by atoms with E-state index in [1.54, 1.807) is 11.9 Å². The molecule has 0 spiro atoms. The maximum atomic E-state index is 12.3. The molecule has 21 heavy (non-hydrogen) atoms. The van der Waals surface area contributed by atoms with Gasteiger partial charge in [0.2, 0.25) is 11.8 Å². The summed E-state index contributed by atoms with van der Waals surface area (Å²) in [5.41, 5.74) is 1.83. The predicted molar refractivity (Wildman–Crippen MR) is 86.4 cm³/mol. The maximum Gasteiger partial charge on any atom is 0.226 e. The number of amides is 2. The van der Waals surface area contributed by atoms with Crippen LogP contribution < -0.4 is 4.90 Å². The van der Waals surface area contributed by atoms with E-state index in [2.05, 4.69) is 13.8 Å². The Hall–Kier alpha value is -1.84. The van der Waals surface area contributed by atoms with Crippen LogP contribution in [-0.4, -0.2) is 36.9 Å². The van der Waals surface area contributed by atoms with Gasteiger partial charge in [-0.2, -0.15) is 0 Å². The Morgan fingerprint density at radius 1 is 1.00 bits per heavy atom. The summed E-state index contributed by atoms with van der Waals surface area (Å²) >= 11 is 0. The SMILES string of the molecule is CCCN(CCC)C(=O)Cc1ccc(N(C)C(C)=O)cc1. The molecule has 0 aliphatic heterocycles. The van der Waals surface area contributed by atoms with Crippen molar-refractivity contribution < 1.29 is 9.59 Å². The number of nitrogens with zero attached hydrogens (tertiary/aromatic N) is 2. The first-order chi connectivity index (χ1) is 9.99. The molecule has 1 aromatic rings. The Labute approximate surface area is 127 Å². The first kappa shape index (κ1) is 17.2. The zero-order valence-electron chi connectivity index (χ0n) is 13.6. The van der Waals surface area contributed by atoms with Gasteiger partial charge in [0.25, 0.3) is 0 Å². The molecule has 4 heteroatoms. The van der Waals surface area contributed by atoms with E-state index in [-0.39, 0.29) is 11.8 Å². The normalized spacial score (nSPS) is 10.3. The van der Waals surface area contributed by atoms with Gasteiger partial charge in [-0.25, -0.2) is 0 Å². The highest BCUT2D eigenvalue weighted by Gasteiger charge is 2.12. The van der Waals surface area contributed by atoms with Gasteiger partial charge >= 0.3 is 0 Å². The van der Waals surface area contributed by atoms with E-state index >= 15 is 0 Å². The van der Waals surface area contributed by atoms with E-state index in [4.69, 9.17) is 0 Å². The second-order valence-corrected chi connectivity index (χ2v) is 5.30. The van der Waals surface area contributed by atoms with Crippen LogP contribution in [0.2, 0.25) is 0 Å². The molecule has 0 aliphatic carbocycles. The summed E-state index contributed by atoms with van der Waals surface area (Å²) in [6, 6.07) is 7.60. The molecule has 116 valence electrons. The van der Waals surface area contributed by atoms with Crippen molar-refractivity contribution in [1.82, 2.24) is 4.90 Å². The molecule has 0 aliphatic rings. The number of rotatable bonds is 7. The molecule has 0 fully saturated rings. The molecule has 0 atom stereocenters. The van der Waals surface area contributed by atoms with E-state index in [1.807, 2.05) is 29.2 Å². The average Bonchev–Trinajstić information content (AvgIpc) is 2.47. The summed E-state index contributed by atoms with van der Waals surface area (Å²) in [5, 5.41) is 0. The van der Waals surface area contributed by atoms with Crippen molar-refractivity contribution in [2.45, 2.75) is 40.0 Å². The van der Waals surface area contributed by atoms with Crippen LogP contribution in [0.15, 0.2) is 24.3 Å². The fraction of sp³-hybridized carbons (Fsp3) is 0.529. The Morgan fingerprint density at radius 2 is 1.52 bits per heavy atom. The van der Waals surface area contributed by atoms with E-state index in [0.717, 1.165) is 37.2 Å². The summed E-state index contributed by atoms with van der Waals surface area (Å²) in [6.07, 6.45) is 2.38. The summed E-state index contributed by atoms with van der Waals surface area (Å²) < 4.78 is 0. The summed E-state index contributed by atoms with van der Waals surface area (Å²) in [4.78, 5) is 27.1. The van der Waals surface area contributed by atoms with Gasteiger partial charge in [0.1, 0.15) is 0 Å². The van der Waals surface area contributed by atoms with Crippen LogP contribution in [-0.2, 0) is 16.0 Å². The number of carbonyl (C=O) groups is 2. The van der Waals surface area contributed by atoms with Crippen molar-refractivity contribution in [2.75, 3.05) is 25.0 Å². The number of carbonyl (C=O) groups excluding carboxylic acids is 2. The highest BCUT2D eigenvalue weighted by atomic mass is 16.2. The van der Waals surface area contributed by atoms with Gasteiger partial charge in [0, 0.05) is 32.7 Å². The van der Waals surface area contributed by atoms with Crippen LogP contribution in [0, 0.1) is 0 Å². The van der Waals surface area contributed by atoms with E-state index in [1.165, 1.54) is 6.92 Å². The van der Waals surface area contributed by atoms with Gasteiger partial charge in [-0.05, 0) is 30.5 Å². The van der Waals surface area contributed by atoms with Gasteiger partial charge in [-0.1, -0.05) is 26.0 Å². The zero-order chi connectivity index (χ0) is 15.8. The van der Waals surface area contributed by atoms with Gasteiger partial charge in [-0.15, -0.1) is 0 Å². The van der Waals surface area contributed by atoms with Crippen LogP contribution in [0.3, 0.4) is 0 Å². The minimum absolute atomic E-state index is 0.00380. The molecular weight excluding hydrogens is 264 g/mol. The van der Waals surface area contributed by atoms with Gasteiger partial charge in [-0.3, -0.25) is 9.59 Å². The Bertz CT molecular complexity index is 462. The van der Waals surface area contributed by atoms with Crippen LogP contribution in [0.25, 0.3) is 0 Å². The number of hydrogen-bond donors (Lipinski definition) is 0. The fourth-order valence-corrected chi connectivity index (χ4v) is 2.21. The molecule has 0 N–H and O–H groups in total. The van der Waals surface area contributed by atoms with Gasteiger partial charge in [0.05, 0.1) is 6.42 Å². The molecule has 4 nitrogen and oxygen atoms in total. The second kappa shape index (κ2) is 8.45. The number of anilines is 1. The van der Waals surface area contributed by atoms with Crippen LogP contribution >= 0.6 is 0 Å². The molecule has 0 unspecified atom stereocenters. The largest absolute Gasteiger partial charge is 0.342 e. The fourth-order valence-electron chi connectivity index (χ4n) is 2.21. The Morgan fingerprint density at radius 3 is 1.95 bits per heavy atom. The van der Waals surface area contributed by atoms with Crippen molar-refractivity contribution >= 4 is 17.5 Å². The summed E-state index contributed by atoms with van der Waals surface area (Å²) in [7, 11) is 1.74. The van der Waals surface area contributed by atoms with Crippen LogP contribution in [0.1, 0.15) is 39.2 Å². The van der Waals surface area contributed by atoms with E-state index in [0.29, 0.717) is 6.42 Å². The summed E-state index contributed by atoms with van der Waals surface area (Å²) in [6.45, 7) is 7.34. The first-order valence-corrected chi connectivity index (χ1v) is 7.60. The average molecular weight is 290 g/mol. The lowest BCUT2D eigenvalue weighted by molar-refractivity contribution is -0.130. The van der Waals surface area contributed by atoms with Gasteiger partial charge in [0.15, 0.2) is 0 Å². The molecular formula is C17H26N2O2. The third kappa shape index (κ3) is 5.21. The molecule has 0 saturated carbocycles. The van der Waals surface area contributed by atoms with Crippen LogP contribution in [0.4, 0.5) is 5.69 Å². The van der Waals surface area contributed by atoms with Crippen LogP contribution in [0.5, 0.6) is 0 Å². The van der Waals surface area contributed by atoms with Gasteiger partial charge < -0.3 is 9.80 Å². The van der Waals surface area contributed by atoms with Crippen molar-refractivity contribution in [3.05, 3.63) is 29.8 Å². The number of benzene rings is 1. The van der Waals surface area contributed by atoms with E-state index in [9.17, 15) is 9.59 Å². The number of hydrogen-bond acceptors (Lipinski definition) is 2. The molecule has 1 aromatic carbocycles. The van der Waals surface area contributed by atoms with Crippen molar-refractivity contribution in [1.29, 1.82) is 0 Å². The standard InChI is InChI=1S/C17H26N2O2/c1-5-11-19(12-6-2)17(21)13-15-7-9-16(10-8-15)18(4)14(3)20/h7-10H,5-6,11-13H2,1-4H3. The molecule has 2 amide bonds. The zero-order valence-corrected chi connectivity index (χ0v) is 13.6. The topological polar surface area (TPSA) is 40.6 Å². The summed E-state index contributed by atoms with van der Waals surface area (Å²) in [5.74, 6) is 0.169. The molecule has 1 rings (SSSR count). The predicted octanol–water partition coefficient (Wildman–Crippen LogP) is 2.86. The third-order valence-corrected chi connectivity index (χ3v) is 3.49. The second-order valence-electron chi connectivity index (χ2n) is 5.30. The smallest absolute Gasteiger partial charge is 0.226 e. The Kier molecular flexibility index (Phi) is 6.92. The highest BCUT2D eigenvalue weighted by molar-refractivity contribution is 5.90. The third-order valence-electron chi connectivity index (χ3n) is 3.49. The molecule has 0 radical (unpaired) electrons. The monoisotopic (exact) mass is 290 g/mol. The molecule has 0 heterocycles. The maximum absolute atomic E-state index is 12.3.